The van der Waals surface area contributed by atoms with E-state index in [0.29, 0.717) is 17.4 Å². The van der Waals surface area contributed by atoms with Crippen LogP contribution in [0.2, 0.25) is 5.02 Å². The van der Waals surface area contributed by atoms with Gasteiger partial charge in [0.15, 0.2) is 0 Å². The lowest BCUT2D eigenvalue weighted by molar-refractivity contribution is 0.112. The summed E-state index contributed by atoms with van der Waals surface area (Å²) in [5, 5.41) is 0.272. The number of nitrogens with two attached hydrogens (primary N) is 1. The predicted molar refractivity (Wildman–Crippen MR) is 63.5 cm³/mol. The van der Waals surface area contributed by atoms with E-state index in [-0.39, 0.29) is 10.7 Å². The molecule has 1 rings (SSSR count). The molecule has 0 aliphatic heterocycles. The van der Waals surface area contributed by atoms with Crippen molar-refractivity contribution in [1.82, 2.24) is 0 Å². The number of alkyl halides is 2. The second-order valence-corrected chi connectivity index (χ2v) is 3.46. The first-order chi connectivity index (χ1) is 8.04. The summed E-state index contributed by atoms with van der Waals surface area (Å²) in [6.07, 6.45) is 2.77. The van der Waals surface area contributed by atoms with Gasteiger partial charge in [-0.2, -0.15) is 8.78 Å². The van der Waals surface area contributed by atoms with E-state index in [4.69, 9.17) is 17.3 Å². The van der Waals surface area contributed by atoms with Crippen LogP contribution < -0.4 is 5.73 Å². The Labute approximate surface area is 102 Å². The van der Waals surface area contributed by atoms with Crippen LogP contribution in [-0.4, -0.2) is 19.1 Å². The van der Waals surface area contributed by atoms with E-state index in [0.717, 1.165) is 6.21 Å². The fraction of sp³-hybridized carbons (Fsp3) is 0.0909. The van der Waals surface area contributed by atoms with Gasteiger partial charge in [0.1, 0.15) is 6.29 Å². The number of hydrogen-bond donors (Lipinski definition) is 1. The minimum Gasteiger partial charge on any atom is -0.398 e. The van der Waals surface area contributed by atoms with Crippen molar-refractivity contribution in [3.63, 3.8) is 0 Å². The SMILES string of the molecule is NC(=CC=NC(F)F)c1ccc(C=O)cc1Cl. The number of carbonyl (C=O) groups excluding carboxylic acids is 1. The molecule has 0 aliphatic rings. The molecule has 3 nitrogen and oxygen atoms in total. The molecule has 0 fully saturated rings. The van der Waals surface area contributed by atoms with E-state index >= 15 is 0 Å². The van der Waals surface area contributed by atoms with Crippen molar-refractivity contribution in [1.29, 1.82) is 0 Å². The highest BCUT2D eigenvalue weighted by Gasteiger charge is 2.03. The maximum atomic E-state index is 11.7. The van der Waals surface area contributed by atoms with Gasteiger partial charge >= 0.3 is 6.55 Å². The molecule has 0 saturated heterocycles. The standard InChI is InChI=1S/C11H9ClF2N2O/c12-9-5-7(6-17)1-2-8(9)10(15)3-4-16-11(13)14/h1-6,11H,15H2. The van der Waals surface area contributed by atoms with E-state index in [1.54, 1.807) is 0 Å². The molecular weight excluding hydrogens is 250 g/mol. The number of aliphatic imine (C=N–C) groups is 1. The monoisotopic (exact) mass is 258 g/mol. The van der Waals surface area contributed by atoms with Gasteiger partial charge in [-0.15, -0.1) is 0 Å². The lowest BCUT2D eigenvalue weighted by Crippen LogP contribution is -1.98. The van der Waals surface area contributed by atoms with Crippen molar-refractivity contribution >= 4 is 29.8 Å². The van der Waals surface area contributed by atoms with E-state index < -0.39 is 6.55 Å². The van der Waals surface area contributed by atoms with Crippen molar-refractivity contribution in [3.05, 3.63) is 40.4 Å². The number of aldehydes is 1. The van der Waals surface area contributed by atoms with Crippen LogP contribution in [0.3, 0.4) is 0 Å². The number of hydrogen-bond acceptors (Lipinski definition) is 3. The number of allylic oxidation sites excluding steroid dienone is 1. The number of benzene rings is 1. The molecule has 0 heterocycles. The van der Waals surface area contributed by atoms with Gasteiger partial charge in [-0.1, -0.05) is 23.7 Å². The maximum Gasteiger partial charge on any atom is 0.331 e. The van der Waals surface area contributed by atoms with Crippen LogP contribution in [0.4, 0.5) is 8.78 Å². The van der Waals surface area contributed by atoms with Gasteiger partial charge in [-0.05, 0) is 12.1 Å². The molecule has 0 amide bonds. The highest BCUT2D eigenvalue weighted by Crippen LogP contribution is 2.21. The third-order valence-electron chi connectivity index (χ3n) is 1.89. The van der Waals surface area contributed by atoms with Gasteiger partial charge < -0.3 is 5.73 Å². The zero-order valence-electron chi connectivity index (χ0n) is 8.61. The second-order valence-electron chi connectivity index (χ2n) is 3.05. The normalized spacial score (nSPS) is 12.4. The van der Waals surface area contributed by atoms with Gasteiger partial charge in [0.25, 0.3) is 0 Å². The summed E-state index contributed by atoms with van der Waals surface area (Å²) >= 11 is 5.87. The Morgan fingerprint density at radius 2 is 2.18 bits per heavy atom. The second kappa shape index (κ2) is 6.10. The summed E-state index contributed by atoms with van der Waals surface area (Å²) in [7, 11) is 0. The van der Waals surface area contributed by atoms with Crippen molar-refractivity contribution in [2.24, 2.45) is 10.7 Å². The number of carbonyl (C=O) groups is 1. The van der Waals surface area contributed by atoms with Crippen molar-refractivity contribution in [2.45, 2.75) is 6.55 Å². The van der Waals surface area contributed by atoms with Crippen LogP contribution in [0.25, 0.3) is 5.70 Å². The van der Waals surface area contributed by atoms with Crippen LogP contribution in [0.15, 0.2) is 29.3 Å². The van der Waals surface area contributed by atoms with Crippen molar-refractivity contribution in [3.8, 4) is 0 Å². The number of nitrogens with zero attached hydrogens (tertiary/aromatic N) is 1. The quantitative estimate of drug-likeness (QED) is 0.513. The van der Waals surface area contributed by atoms with Crippen LogP contribution in [-0.2, 0) is 0 Å². The Morgan fingerprint density at radius 1 is 1.47 bits per heavy atom. The molecule has 0 spiro atoms. The molecule has 0 aromatic heterocycles. The molecule has 0 bridgehead atoms. The lowest BCUT2D eigenvalue weighted by atomic mass is 10.1. The average molecular weight is 259 g/mol. The summed E-state index contributed by atoms with van der Waals surface area (Å²) in [6.45, 7) is -2.77. The molecule has 0 aliphatic carbocycles. The van der Waals surface area contributed by atoms with Gasteiger partial charge in [0.05, 0.1) is 5.02 Å². The smallest absolute Gasteiger partial charge is 0.331 e. The molecule has 90 valence electrons. The zero-order chi connectivity index (χ0) is 12.8. The number of halogens is 3. The Hall–Kier alpha value is -1.75. The predicted octanol–water partition coefficient (Wildman–Crippen LogP) is 2.75. The third-order valence-corrected chi connectivity index (χ3v) is 2.21. The molecule has 0 unspecified atom stereocenters. The summed E-state index contributed by atoms with van der Waals surface area (Å²) < 4.78 is 23.5. The summed E-state index contributed by atoms with van der Waals surface area (Å²) in [4.78, 5) is 13.3. The van der Waals surface area contributed by atoms with Crippen LogP contribution in [0.5, 0.6) is 0 Å². The lowest BCUT2D eigenvalue weighted by Gasteiger charge is -2.04. The average Bonchev–Trinajstić information content (AvgIpc) is 2.28. The first-order valence-electron chi connectivity index (χ1n) is 4.56. The largest absolute Gasteiger partial charge is 0.398 e. The highest BCUT2D eigenvalue weighted by atomic mass is 35.5. The third kappa shape index (κ3) is 3.96. The molecule has 0 saturated carbocycles. The molecule has 0 radical (unpaired) electrons. The van der Waals surface area contributed by atoms with Crippen LogP contribution >= 0.6 is 11.6 Å². The molecule has 17 heavy (non-hydrogen) atoms. The minimum atomic E-state index is -2.77. The molecule has 6 heteroatoms. The van der Waals surface area contributed by atoms with E-state index in [1.165, 1.54) is 24.3 Å². The number of rotatable bonds is 4. The van der Waals surface area contributed by atoms with Gasteiger partial charge in [0, 0.05) is 23.0 Å². The van der Waals surface area contributed by atoms with Gasteiger partial charge in [-0.25, -0.2) is 4.99 Å². The van der Waals surface area contributed by atoms with E-state index in [1.807, 2.05) is 0 Å². The molecule has 1 aromatic carbocycles. The van der Waals surface area contributed by atoms with Crippen LogP contribution in [0, 0.1) is 0 Å². The molecule has 0 atom stereocenters. The summed E-state index contributed by atoms with van der Waals surface area (Å²) in [5.41, 5.74) is 6.68. The van der Waals surface area contributed by atoms with Crippen molar-refractivity contribution < 1.29 is 13.6 Å². The van der Waals surface area contributed by atoms with E-state index in [2.05, 4.69) is 4.99 Å². The minimum absolute atomic E-state index is 0.192. The first-order valence-corrected chi connectivity index (χ1v) is 4.94. The van der Waals surface area contributed by atoms with E-state index in [9.17, 15) is 13.6 Å². The highest BCUT2D eigenvalue weighted by molar-refractivity contribution is 6.32. The Kier molecular flexibility index (Phi) is 4.78. The van der Waals surface area contributed by atoms with Crippen molar-refractivity contribution in [2.75, 3.05) is 0 Å². The van der Waals surface area contributed by atoms with Gasteiger partial charge in [-0.3, -0.25) is 4.79 Å². The fourth-order valence-corrected chi connectivity index (χ4v) is 1.42. The summed E-state index contributed by atoms with van der Waals surface area (Å²) in [5.74, 6) is 0. The Bertz CT molecular complexity index is 473. The first kappa shape index (κ1) is 13.3. The molecular formula is C11H9ClF2N2O. The Balaban J connectivity index is 2.96. The maximum absolute atomic E-state index is 11.7. The topological polar surface area (TPSA) is 55.4 Å². The fourth-order valence-electron chi connectivity index (χ4n) is 1.12. The van der Waals surface area contributed by atoms with Gasteiger partial charge in [0.2, 0.25) is 0 Å². The molecule has 1 aromatic rings. The zero-order valence-corrected chi connectivity index (χ0v) is 9.36. The Morgan fingerprint density at radius 3 is 2.71 bits per heavy atom. The van der Waals surface area contributed by atoms with Crippen LogP contribution in [0.1, 0.15) is 15.9 Å². The summed E-state index contributed by atoms with van der Waals surface area (Å²) in [6, 6.07) is 4.50. The molecule has 2 N–H and O–H groups in total.